The van der Waals surface area contributed by atoms with Crippen LogP contribution in [-0.4, -0.2) is 36.2 Å². The number of rotatable bonds is 7. The molecule has 0 saturated heterocycles. The Bertz CT molecular complexity index is 1360. The average Bonchev–Trinajstić information content (AvgIpc) is 3.23. The number of anilines is 1. The van der Waals surface area contributed by atoms with Crippen molar-refractivity contribution in [3.8, 4) is 17.2 Å². The number of benzene rings is 1. The molecule has 178 valence electrons. The highest BCUT2D eigenvalue weighted by Gasteiger charge is 2.21. The van der Waals surface area contributed by atoms with E-state index in [0.29, 0.717) is 16.7 Å². The predicted molar refractivity (Wildman–Crippen MR) is 124 cm³/mol. The highest BCUT2D eigenvalue weighted by molar-refractivity contribution is 7.91. The molecule has 0 fully saturated rings. The first-order chi connectivity index (χ1) is 16.0. The number of urea groups is 1. The number of nitrogens with zero attached hydrogens (tertiary/aromatic N) is 4. The van der Waals surface area contributed by atoms with Crippen LogP contribution in [0.5, 0.6) is 0 Å². The number of carbonyl (C=O) groups is 1. The molecule has 1 unspecified atom stereocenters. The summed E-state index contributed by atoms with van der Waals surface area (Å²) < 4.78 is 38.8. The molecule has 3 rings (SSSR count). The van der Waals surface area contributed by atoms with Crippen molar-refractivity contribution in [1.82, 2.24) is 19.5 Å². The first kappa shape index (κ1) is 24.8. The Hall–Kier alpha value is -3.82. The van der Waals surface area contributed by atoms with Crippen LogP contribution in [0.15, 0.2) is 47.8 Å². The van der Waals surface area contributed by atoms with Gasteiger partial charge in [0.15, 0.2) is 14.9 Å². The summed E-state index contributed by atoms with van der Waals surface area (Å²) in [5, 5.41) is 25.0. The second kappa shape index (κ2) is 9.98. The van der Waals surface area contributed by atoms with Gasteiger partial charge in [-0.2, -0.15) is 10.4 Å². The fourth-order valence-electron chi connectivity index (χ4n) is 3.30. The zero-order valence-corrected chi connectivity index (χ0v) is 19.6. The van der Waals surface area contributed by atoms with Crippen LogP contribution in [-0.2, 0) is 16.5 Å². The molecule has 1 aromatic carbocycles. The number of aliphatic hydroxyl groups excluding tert-OH is 1. The van der Waals surface area contributed by atoms with Gasteiger partial charge in [0.05, 0.1) is 18.3 Å². The van der Waals surface area contributed by atoms with Gasteiger partial charge in [-0.25, -0.2) is 27.9 Å². The van der Waals surface area contributed by atoms with Gasteiger partial charge < -0.3 is 10.4 Å². The van der Waals surface area contributed by atoms with Crippen molar-refractivity contribution >= 4 is 21.6 Å². The summed E-state index contributed by atoms with van der Waals surface area (Å²) in [5.41, 5.74) is 1.59. The van der Waals surface area contributed by atoms with Gasteiger partial charge in [-0.3, -0.25) is 4.68 Å². The van der Waals surface area contributed by atoms with Crippen LogP contribution in [0.3, 0.4) is 0 Å². The number of pyridine rings is 1. The van der Waals surface area contributed by atoms with Crippen molar-refractivity contribution in [2.45, 2.75) is 44.4 Å². The number of amides is 2. The van der Waals surface area contributed by atoms with Crippen LogP contribution in [0.25, 0.3) is 11.1 Å². The van der Waals surface area contributed by atoms with Crippen LogP contribution in [0.2, 0.25) is 0 Å². The molecule has 0 aliphatic heterocycles. The molecule has 2 aromatic heterocycles. The van der Waals surface area contributed by atoms with Crippen molar-refractivity contribution in [3.05, 3.63) is 59.8 Å². The normalized spacial score (nSPS) is 13.7. The standard InChI is InChI=1S/C22H24FN7O3S/c1-13(2)18-9-16(23)10-19(15-4-6-26-17(8-15)11-24)21(18)27-22(32)29-34(25,33)20-5-7-30(28-20)12-14(3)31/h4-10,13-14,31H,12H2,1-3H3,(H3,25,27,29,32,33)/t14-,34?/m1/s1. The van der Waals surface area contributed by atoms with E-state index in [2.05, 4.69) is 20.1 Å². The summed E-state index contributed by atoms with van der Waals surface area (Å²) in [4.78, 5) is 16.7. The fourth-order valence-corrected chi connectivity index (χ4v) is 4.19. The molecule has 10 nitrogen and oxygen atoms in total. The van der Waals surface area contributed by atoms with Gasteiger partial charge in [-0.15, -0.1) is 0 Å². The molecular weight excluding hydrogens is 461 g/mol. The monoisotopic (exact) mass is 485 g/mol. The van der Waals surface area contributed by atoms with Gasteiger partial charge in [0.1, 0.15) is 17.6 Å². The number of aliphatic hydroxyl groups is 1. The van der Waals surface area contributed by atoms with Gasteiger partial charge in [-0.05, 0) is 54.3 Å². The number of carbonyl (C=O) groups excluding carboxylic acids is 1. The summed E-state index contributed by atoms with van der Waals surface area (Å²) >= 11 is 0. The molecule has 0 saturated carbocycles. The quantitative estimate of drug-likeness (QED) is 0.400. The number of nitriles is 1. The van der Waals surface area contributed by atoms with Gasteiger partial charge in [0.25, 0.3) is 0 Å². The van der Waals surface area contributed by atoms with E-state index in [0.717, 1.165) is 0 Å². The van der Waals surface area contributed by atoms with Gasteiger partial charge >= 0.3 is 6.03 Å². The van der Waals surface area contributed by atoms with Crippen molar-refractivity contribution < 1.29 is 18.5 Å². The Kier molecular flexibility index (Phi) is 7.29. The minimum atomic E-state index is -3.83. The van der Waals surface area contributed by atoms with E-state index in [4.69, 9.17) is 10.0 Å². The van der Waals surface area contributed by atoms with E-state index in [1.165, 1.54) is 41.3 Å². The molecule has 2 atom stereocenters. The highest BCUT2D eigenvalue weighted by atomic mass is 32.2. The third-order valence-electron chi connectivity index (χ3n) is 4.78. The maximum atomic E-state index is 14.4. The second-order valence-corrected chi connectivity index (χ2v) is 9.69. The minimum absolute atomic E-state index is 0.116. The van der Waals surface area contributed by atoms with Gasteiger partial charge in [-0.1, -0.05) is 13.8 Å². The lowest BCUT2D eigenvalue weighted by Gasteiger charge is -2.19. The van der Waals surface area contributed by atoms with E-state index in [1.54, 1.807) is 13.0 Å². The molecule has 34 heavy (non-hydrogen) atoms. The van der Waals surface area contributed by atoms with E-state index < -0.39 is 27.9 Å². The Morgan fingerprint density at radius 2 is 2.06 bits per heavy atom. The molecular formula is C22H24FN7O3S. The van der Waals surface area contributed by atoms with Crippen LogP contribution >= 0.6 is 0 Å². The predicted octanol–water partition coefficient (Wildman–Crippen LogP) is 3.60. The highest BCUT2D eigenvalue weighted by Crippen LogP contribution is 2.36. The number of nitrogens with one attached hydrogen (secondary N) is 3. The molecule has 2 amide bonds. The lowest BCUT2D eigenvalue weighted by atomic mass is 9.94. The average molecular weight is 486 g/mol. The lowest BCUT2D eigenvalue weighted by molar-refractivity contribution is 0.168. The summed E-state index contributed by atoms with van der Waals surface area (Å²) in [5.74, 6) is -0.730. The first-order valence-corrected chi connectivity index (χ1v) is 11.8. The molecule has 0 bridgehead atoms. The van der Waals surface area contributed by atoms with E-state index in [-0.39, 0.29) is 28.9 Å². The number of hydrogen-bond donors (Lipinski definition) is 4. The molecule has 0 spiro atoms. The number of aromatic nitrogens is 3. The van der Waals surface area contributed by atoms with Crippen LogP contribution < -0.4 is 10.0 Å². The Labute approximate surface area is 196 Å². The zero-order chi connectivity index (χ0) is 25.0. The summed E-state index contributed by atoms with van der Waals surface area (Å²) in [6, 6.07) is 7.83. The zero-order valence-electron chi connectivity index (χ0n) is 18.7. The van der Waals surface area contributed by atoms with Gasteiger partial charge in [0.2, 0.25) is 0 Å². The van der Waals surface area contributed by atoms with Crippen LogP contribution in [0.4, 0.5) is 14.9 Å². The van der Waals surface area contributed by atoms with Crippen LogP contribution in [0.1, 0.15) is 37.9 Å². The third kappa shape index (κ3) is 5.75. The first-order valence-electron chi connectivity index (χ1n) is 10.3. The maximum absolute atomic E-state index is 14.4. The van der Waals surface area contributed by atoms with Gasteiger partial charge in [0, 0.05) is 18.0 Å². The molecule has 4 N–H and O–H groups in total. The molecule has 12 heteroatoms. The Morgan fingerprint density at radius 3 is 2.71 bits per heavy atom. The van der Waals surface area contributed by atoms with Crippen molar-refractivity contribution in [2.24, 2.45) is 0 Å². The molecule has 2 heterocycles. The third-order valence-corrected chi connectivity index (χ3v) is 6.06. The topological polar surface area (TPSA) is 157 Å². The minimum Gasteiger partial charge on any atom is -0.391 e. The lowest BCUT2D eigenvalue weighted by Crippen LogP contribution is -2.34. The van der Waals surface area contributed by atoms with E-state index >= 15 is 0 Å². The van der Waals surface area contributed by atoms with E-state index in [1.807, 2.05) is 19.9 Å². The smallest absolute Gasteiger partial charge is 0.332 e. The Balaban J connectivity index is 1.95. The largest absolute Gasteiger partial charge is 0.391 e. The second-order valence-electron chi connectivity index (χ2n) is 7.95. The fraction of sp³-hybridized carbons (Fsp3) is 0.273. The summed E-state index contributed by atoms with van der Waals surface area (Å²) in [6.45, 7) is 5.32. The number of halogens is 1. The molecule has 3 aromatic rings. The number of hydrogen-bond acceptors (Lipinski definition) is 7. The Morgan fingerprint density at radius 1 is 1.32 bits per heavy atom. The molecule has 0 radical (unpaired) electrons. The molecule has 0 aliphatic carbocycles. The van der Waals surface area contributed by atoms with Crippen LogP contribution in [0, 0.1) is 21.9 Å². The van der Waals surface area contributed by atoms with Crippen molar-refractivity contribution in [2.75, 3.05) is 5.32 Å². The van der Waals surface area contributed by atoms with Crippen molar-refractivity contribution in [3.63, 3.8) is 0 Å². The summed E-state index contributed by atoms with van der Waals surface area (Å²) in [6.07, 6.45) is 2.14. The van der Waals surface area contributed by atoms with Crippen molar-refractivity contribution in [1.29, 1.82) is 10.0 Å². The SMILES string of the molecule is CC(C)c1cc(F)cc(-c2ccnc(C#N)c2)c1NC(=O)NS(=N)(=O)c1ccn(C[C@@H](C)O)n1. The molecule has 0 aliphatic rings. The maximum Gasteiger partial charge on any atom is 0.332 e. The van der Waals surface area contributed by atoms with E-state index in [9.17, 15) is 18.5 Å². The summed E-state index contributed by atoms with van der Waals surface area (Å²) in [7, 11) is -3.83.